The minimum Gasteiger partial charge on any atom is -0.497 e. The van der Waals surface area contributed by atoms with Crippen molar-refractivity contribution in [3.05, 3.63) is 58.6 Å². The van der Waals surface area contributed by atoms with Crippen LogP contribution in [-0.4, -0.2) is 12.9 Å². The fourth-order valence-corrected chi connectivity index (χ4v) is 1.76. The number of ketones is 1. The van der Waals surface area contributed by atoms with Crippen LogP contribution in [0.3, 0.4) is 0 Å². The summed E-state index contributed by atoms with van der Waals surface area (Å²) in [7, 11) is 1.55. The molecular weight excluding hydrogens is 250 g/mol. The van der Waals surface area contributed by atoms with Crippen LogP contribution in [0.25, 0.3) is 0 Å². The van der Waals surface area contributed by atoms with Crippen LogP contribution < -0.4 is 10.5 Å². The topological polar surface area (TPSA) is 52.3 Å². The highest BCUT2D eigenvalue weighted by Crippen LogP contribution is 2.22. The smallest absolute Gasteiger partial charge is 0.195 e. The molecule has 0 aromatic heterocycles. The van der Waals surface area contributed by atoms with Gasteiger partial charge in [0.2, 0.25) is 0 Å². The number of halogens is 1. The lowest BCUT2D eigenvalue weighted by molar-refractivity contribution is 0.103. The molecular formula is C14H12ClNO2. The number of benzene rings is 2. The van der Waals surface area contributed by atoms with Gasteiger partial charge in [0.15, 0.2) is 5.78 Å². The number of carbonyl (C=O) groups is 1. The van der Waals surface area contributed by atoms with Crippen molar-refractivity contribution in [1.82, 2.24) is 0 Å². The summed E-state index contributed by atoms with van der Waals surface area (Å²) in [5.74, 6) is 0.493. The van der Waals surface area contributed by atoms with Gasteiger partial charge in [-0.05, 0) is 36.4 Å². The summed E-state index contributed by atoms with van der Waals surface area (Å²) in [6, 6.07) is 11.7. The zero-order valence-electron chi connectivity index (χ0n) is 9.81. The summed E-state index contributed by atoms with van der Waals surface area (Å²) in [6.07, 6.45) is 0. The van der Waals surface area contributed by atoms with Crippen molar-refractivity contribution in [1.29, 1.82) is 0 Å². The molecule has 0 heterocycles. The van der Waals surface area contributed by atoms with Crippen LogP contribution in [0, 0.1) is 0 Å². The Labute approximate surface area is 110 Å². The largest absolute Gasteiger partial charge is 0.497 e. The van der Waals surface area contributed by atoms with E-state index < -0.39 is 0 Å². The van der Waals surface area contributed by atoms with Crippen LogP contribution in [0.15, 0.2) is 42.5 Å². The third kappa shape index (κ3) is 2.46. The first-order chi connectivity index (χ1) is 8.61. The van der Waals surface area contributed by atoms with Gasteiger partial charge in [0.1, 0.15) is 5.75 Å². The molecule has 2 aromatic carbocycles. The highest BCUT2D eigenvalue weighted by atomic mass is 35.5. The quantitative estimate of drug-likeness (QED) is 0.682. The Morgan fingerprint density at radius 3 is 2.39 bits per heavy atom. The van der Waals surface area contributed by atoms with E-state index in [-0.39, 0.29) is 5.78 Å². The number of ether oxygens (including phenoxy) is 1. The van der Waals surface area contributed by atoms with Crippen molar-refractivity contribution in [3.8, 4) is 5.75 Å². The Balaban J connectivity index is 2.37. The molecule has 0 saturated carbocycles. The van der Waals surface area contributed by atoms with E-state index in [0.717, 1.165) is 0 Å². The van der Waals surface area contributed by atoms with Crippen molar-refractivity contribution in [2.24, 2.45) is 0 Å². The number of methoxy groups -OCH3 is 1. The Kier molecular flexibility index (Phi) is 3.53. The maximum atomic E-state index is 12.2. The number of carbonyl (C=O) groups excluding carboxylic acids is 1. The van der Waals surface area contributed by atoms with Gasteiger partial charge in [0, 0.05) is 27.9 Å². The van der Waals surface area contributed by atoms with E-state index >= 15 is 0 Å². The average Bonchev–Trinajstić information content (AvgIpc) is 2.38. The molecule has 0 atom stereocenters. The van der Waals surface area contributed by atoms with Gasteiger partial charge in [-0.25, -0.2) is 0 Å². The summed E-state index contributed by atoms with van der Waals surface area (Å²) < 4.78 is 5.04. The molecule has 2 N–H and O–H groups in total. The molecule has 0 radical (unpaired) electrons. The van der Waals surface area contributed by atoms with Gasteiger partial charge in [-0.1, -0.05) is 11.6 Å². The SMILES string of the molecule is COc1ccc(C(=O)c2ccc(Cl)cc2)c(N)c1. The maximum Gasteiger partial charge on any atom is 0.195 e. The molecule has 0 aliphatic rings. The highest BCUT2D eigenvalue weighted by Gasteiger charge is 2.12. The van der Waals surface area contributed by atoms with Crippen molar-refractivity contribution in [2.45, 2.75) is 0 Å². The Bertz CT molecular complexity index is 579. The van der Waals surface area contributed by atoms with Crippen LogP contribution >= 0.6 is 11.6 Å². The minimum absolute atomic E-state index is 0.133. The van der Waals surface area contributed by atoms with E-state index in [1.165, 1.54) is 0 Å². The molecule has 0 saturated heterocycles. The lowest BCUT2D eigenvalue weighted by Crippen LogP contribution is -2.05. The summed E-state index contributed by atoms with van der Waals surface area (Å²) in [5.41, 5.74) is 7.24. The molecule has 0 aliphatic carbocycles. The first kappa shape index (κ1) is 12.5. The van der Waals surface area contributed by atoms with Crippen LogP contribution in [0.2, 0.25) is 5.02 Å². The van der Waals surface area contributed by atoms with Crippen molar-refractivity contribution < 1.29 is 9.53 Å². The molecule has 0 fully saturated rings. The highest BCUT2D eigenvalue weighted by molar-refractivity contribution is 6.30. The molecule has 0 aliphatic heterocycles. The van der Waals surface area contributed by atoms with Crippen molar-refractivity contribution in [3.63, 3.8) is 0 Å². The minimum atomic E-state index is -0.133. The zero-order chi connectivity index (χ0) is 13.1. The van der Waals surface area contributed by atoms with Gasteiger partial charge in [-0.3, -0.25) is 4.79 Å². The fraction of sp³-hybridized carbons (Fsp3) is 0.0714. The first-order valence-corrected chi connectivity index (χ1v) is 5.73. The third-order valence-corrected chi connectivity index (χ3v) is 2.86. The number of rotatable bonds is 3. The van der Waals surface area contributed by atoms with Crippen LogP contribution in [0.5, 0.6) is 5.75 Å². The zero-order valence-corrected chi connectivity index (χ0v) is 10.6. The second-order valence-electron chi connectivity index (χ2n) is 3.79. The molecule has 0 unspecified atom stereocenters. The maximum absolute atomic E-state index is 12.2. The van der Waals surface area contributed by atoms with Crippen molar-refractivity contribution >= 4 is 23.1 Å². The standard InChI is InChI=1S/C14H12ClNO2/c1-18-11-6-7-12(13(16)8-11)14(17)9-2-4-10(15)5-3-9/h2-8H,16H2,1H3. The normalized spacial score (nSPS) is 10.1. The second-order valence-corrected chi connectivity index (χ2v) is 4.23. The van der Waals surface area contributed by atoms with Gasteiger partial charge in [0.05, 0.1) is 7.11 Å². The van der Waals surface area contributed by atoms with E-state index in [1.807, 2.05) is 0 Å². The van der Waals surface area contributed by atoms with Gasteiger partial charge in [-0.15, -0.1) is 0 Å². The van der Waals surface area contributed by atoms with E-state index in [2.05, 4.69) is 0 Å². The number of nitrogen functional groups attached to an aromatic ring is 1. The van der Waals surface area contributed by atoms with Gasteiger partial charge >= 0.3 is 0 Å². The summed E-state index contributed by atoms with van der Waals surface area (Å²) in [4.78, 5) is 12.2. The Morgan fingerprint density at radius 1 is 1.17 bits per heavy atom. The Morgan fingerprint density at radius 2 is 1.83 bits per heavy atom. The summed E-state index contributed by atoms with van der Waals surface area (Å²) in [6.45, 7) is 0. The van der Waals surface area contributed by atoms with E-state index in [4.69, 9.17) is 22.1 Å². The molecule has 0 bridgehead atoms. The lowest BCUT2D eigenvalue weighted by atomic mass is 10.0. The molecule has 2 aromatic rings. The van der Waals surface area contributed by atoms with Crippen LogP contribution in [0.4, 0.5) is 5.69 Å². The monoisotopic (exact) mass is 261 g/mol. The number of hydrogen-bond donors (Lipinski definition) is 1. The predicted octanol–water partition coefficient (Wildman–Crippen LogP) is 3.16. The molecule has 18 heavy (non-hydrogen) atoms. The molecule has 4 heteroatoms. The number of hydrogen-bond acceptors (Lipinski definition) is 3. The van der Waals surface area contributed by atoms with Gasteiger partial charge < -0.3 is 10.5 Å². The molecule has 0 amide bonds. The number of nitrogens with two attached hydrogens (primary N) is 1. The van der Waals surface area contributed by atoms with E-state index in [9.17, 15) is 4.79 Å². The second kappa shape index (κ2) is 5.10. The predicted molar refractivity (Wildman–Crippen MR) is 72.3 cm³/mol. The average molecular weight is 262 g/mol. The van der Waals surface area contributed by atoms with Crippen molar-refractivity contribution in [2.75, 3.05) is 12.8 Å². The third-order valence-electron chi connectivity index (χ3n) is 2.61. The summed E-state index contributed by atoms with van der Waals surface area (Å²) in [5, 5.41) is 0.592. The van der Waals surface area contributed by atoms with Gasteiger partial charge in [0.25, 0.3) is 0 Å². The fourth-order valence-electron chi connectivity index (χ4n) is 1.63. The molecule has 0 spiro atoms. The Hall–Kier alpha value is -2.00. The lowest BCUT2D eigenvalue weighted by Gasteiger charge is -2.07. The van der Waals surface area contributed by atoms with Crippen LogP contribution in [-0.2, 0) is 0 Å². The first-order valence-electron chi connectivity index (χ1n) is 5.35. The van der Waals surface area contributed by atoms with Crippen LogP contribution in [0.1, 0.15) is 15.9 Å². The molecule has 92 valence electrons. The van der Waals surface area contributed by atoms with E-state index in [1.54, 1.807) is 49.6 Å². The van der Waals surface area contributed by atoms with E-state index in [0.29, 0.717) is 27.6 Å². The summed E-state index contributed by atoms with van der Waals surface area (Å²) >= 11 is 5.78. The molecule has 2 rings (SSSR count). The van der Waals surface area contributed by atoms with Gasteiger partial charge in [-0.2, -0.15) is 0 Å². The molecule has 3 nitrogen and oxygen atoms in total. The number of anilines is 1.